The Balaban J connectivity index is 1.58. The van der Waals surface area contributed by atoms with Gasteiger partial charge in [0.25, 0.3) is 5.91 Å². The van der Waals surface area contributed by atoms with Gasteiger partial charge in [-0.1, -0.05) is 17.7 Å². The maximum absolute atomic E-state index is 13.9. The third-order valence-electron chi connectivity index (χ3n) is 4.27. The van der Waals surface area contributed by atoms with Crippen LogP contribution in [-0.4, -0.2) is 37.1 Å². The normalized spacial score (nSPS) is 15.1. The highest BCUT2D eigenvalue weighted by Gasteiger charge is 2.27. The van der Waals surface area contributed by atoms with Gasteiger partial charge in [0.2, 0.25) is 0 Å². The molecule has 0 atom stereocenters. The summed E-state index contributed by atoms with van der Waals surface area (Å²) in [6.07, 6.45) is 1.39. The monoisotopic (exact) mass is 363 g/mol. The van der Waals surface area contributed by atoms with E-state index < -0.39 is 5.82 Å². The van der Waals surface area contributed by atoms with E-state index in [4.69, 9.17) is 21.1 Å². The Hall–Kier alpha value is -2.27. The van der Waals surface area contributed by atoms with E-state index in [2.05, 4.69) is 0 Å². The quantitative estimate of drug-likeness (QED) is 0.818. The van der Waals surface area contributed by atoms with Gasteiger partial charge in [-0.15, -0.1) is 0 Å². The number of benzene rings is 2. The summed E-state index contributed by atoms with van der Waals surface area (Å²) in [5.41, 5.74) is -0.0568. The molecule has 3 rings (SSSR count). The number of ether oxygens (including phenoxy) is 2. The summed E-state index contributed by atoms with van der Waals surface area (Å²) in [5.74, 6) is 0.581. The zero-order chi connectivity index (χ0) is 17.8. The number of amides is 1. The van der Waals surface area contributed by atoms with Gasteiger partial charge < -0.3 is 14.4 Å². The van der Waals surface area contributed by atoms with Crippen molar-refractivity contribution in [1.29, 1.82) is 0 Å². The van der Waals surface area contributed by atoms with Gasteiger partial charge in [-0.3, -0.25) is 4.79 Å². The van der Waals surface area contributed by atoms with Crippen LogP contribution in [0.25, 0.3) is 0 Å². The lowest BCUT2D eigenvalue weighted by atomic mass is 10.1. The van der Waals surface area contributed by atoms with E-state index in [1.807, 2.05) is 24.3 Å². The number of halogens is 2. The van der Waals surface area contributed by atoms with Crippen LogP contribution in [0.5, 0.6) is 11.5 Å². The van der Waals surface area contributed by atoms with Crippen molar-refractivity contribution >= 4 is 17.5 Å². The second kappa shape index (κ2) is 7.74. The molecule has 1 fully saturated rings. The number of likely N-dealkylation sites (tertiary alicyclic amines) is 1. The van der Waals surface area contributed by atoms with Crippen molar-refractivity contribution in [3.8, 4) is 11.5 Å². The van der Waals surface area contributed by atoms with Gasteiger partial charge in [0, 0.05) is 25.9 Å². The fourth-order valence-electron chi connectivity index (χ4n) is 2.88. The number of hydrogen-bond acceptors (Lipinski definition) is 3. The fourth-order valence-corrected chi connectivity index (χ4v) is 3.13. The smallest absolute Gasteiger partial charge is 0.258 e. The molecular weight excluding hydrogens is 345 g/mol. The summed E-state index contributed by atoms with van der Waals surface area (Å²) in [6.45, 7) is 1.01. The van der Waals surface area contributed by atoms with Gasteiger partial charge in [0.1, 0.15) is 23.4 Å². The lowest BCUT2D eigenvalue weighted by Crippen LogP contribution is -2.42. The average molecular weight is 364 g/mol. The summed E-state index contributed by atoms with van der Waals surface area (Å²) >= 11 is 5.98. The Kier molecular flexibility index (Phi) is 5.43. The van der Waals surface area contributed by atoms with Gasteiger partial charge in [-0.05, 0) is 36.4 Å². The van der Waals surface area contributed by atoms with Crippen LogP contribution in [0, 0.1) is 5.82 Å². The van der Waals surface area contributed by atoms with E-state index in [1.165, 1.54) is 18.2 Å². The molecule has 1 heterocycles. The molecule has 0 saturated carbocycles. The Morgan fingerprint density at radius 2 is 1.76 bits per heavy atom. The third kappa shape index (κ3) is 4.04. The fraction of sp³-hybridized carbons (Fsp3) is 0.316. The van der Waals surface area contributed by atoms with Crippen molar-refractivity contribution < 1.29 is 18.7 Å². The molecule has 1 aliphatic heterocycles. The lowest BCUT2D eigenvalue weighted by Gasteiger charge is -2.32. The van der Waals surface area contributed by atoms with Crippen LogP contribution >= 0.6 is 11.6 Å². The van der Waals surface area contributed by atoms with Crippen molar-refractivity contribution in [2.24, 2.45) is 0 Å². The maximum atomic E-state index is 13.9. The molecule has 1 aliphatic rings. The molecule has 2 aromatic carbocycles. The molecule has 25 heavy (non-hydrogen) atoms. The zero-order valence-corrected chi connectivity index (χ0v) is 14.6. The van der Waals surface area contributed by atoms with E-state index in [-0.39, 0.29) is 22.6 Å². The number of nitrogens with zero attached hydrogens (tertiary/aromatic N) is 1. The SMILES string of the molecule is COc1ccc(OC2CCN(C(=O)c3c(F)cccc3Cl)CC2)cc1. The van der Waals surface area contributed by atoms with E-state index >= 15 is 0 Å². The predicted molar refractivity (Wildman–Crippen MR) is 94.0 cm³/mol. The van der Waals surface area contributed by atoms with Crippen LogP contribution in [0.15, 0.2) is 42.5 Å². The minimum absolute atomic E-state index is 0.0218. The molecule has 1 amide bonds. The summed E-state index contributed by atoms with van der Waals surface area (Å²) < 4.78 is 25.0. The first-order valence-corrected chi connectivity index (χ1v) is 8.50. The molecule has 0 aromatic heterocycles. The van der Waals surface area contributed by atoms with Crippen LogP contribution in [0.4, 0.5) is 4.39 Å². The van der Waals surface area contributed by atoms with E-state index in [9.17, 15) is 9.18 Å². The van der Waals surface area contributed by atoms with Crippen molar-refractivity contribution in [3.63, 3.8) is 0 Å². The van der Waals surface area contributed by atoms with Gasteiger partial charge in [-0.25, -0.2) is 4.39 Å². The highest BCUT2D eigenvalue weighted by molar-refractivity contribution is 6.33. The average Bonchev–Trinajstić information content (AvgIpc) is 2.63. The van der Waals surface area contributed by atoms with Crippen molar-refractivity contribution in [2.75, 3.05) is 20.2 Å². The Morgan fingerprint density at radius 3 is 2.36 bits per heavy atom. The van der Waals surface area contributed by atoms with E-state index in [0.29, 0.717) is 25.9 Å². The standard InChI is InChI=1S/C19H19ClFNO3/c1-24-13-5-7-14(8-6-13)25-15-9-11-22(12-10-15)19(23)18-16(20)3-2-4-17(18)21/h2-8,15H,9-12H2,1H3. The molecule has 1 saturated heterocycles. The molecule has 0 spiro atoms. The van der Waals surface area contributed by atoms with Crippen molar-refractivity contribution in [1.82, 2.24) is 4.90 Å². The number of carbonyl (C=O) groups excluding carboxylic acids is 1. The molecule has 6 heteroatoms. The van der Waals surface area contributed by atoms with Gasteiger partial charge in [0.05, 0.1) is 17.7 Å². The first-order valence-electron chi connectivity index (χ1n) is 8.12. The second-order valence-electron chi connectivity index (χ2n) is 5.88. The largest absolute Gasteiger partial charge is 0.497 e. The molecule has 0 unspecified atom stereocenters. The first kappa shape index (κ1) is 17.5. The zero-order valence-electron chi connectivity index (χ0n) is 13.9. The van der Waals surface area contributed by atoms with Crippen LogP contribution in [0.1, 0.15) is 23.2 Å². The topological polar surface area (TPSA) is 38.8 Å². The lowest BCUT2D eigenvalue weighted by molar-refractivity contribution is 0.0591. The Labute approximate surface area is 151 Å². The number of hydrogen-bond donors (Lipinski definition) is 0. The summed E-state index contributed by atoms with van der Waals surface area (Å²) in [5, 5.41) is 0.140. The van der Waals surface area contributed by atoms with E-state index in [0.717, 1.165) is 11.5 Å². The summed E-state index contributed by atoms with van der Waals surface area (Å²) in [7, 11) is 1.62. The second-order valence-corrected chi connectivity index (χ2v) is 6.29. The Bertz CT molecular complexity index is 723. The first-order chi connectivity index (χ1) is 12.1. The number of piperidine rings is 1. The third-order valence-corrected chi connectivity index (χ3v) is 4.58. The van der Waals surface area contributed by atoms with Crippen LogP contribution in [-0.2, 0) is 0 Å². The molecule has 4 nitrogen and oxygen atoms in total. The molecule has 0 bridgehead atoms. The molecule has 132 valence electrons. The minimum Gasteiger partial charge on any atom is -0.497 e. The number of carbonyl (C=O) groups is 1. The molecular formula is C19H19ClFNO3. The Morgan fingerprint density at radius 1 is 1.12 bits per heavy atom. The van der Waals surface area contributed by atoms with E-state index in [1.54, 1.807) is 12.0 Å². The van der Waals surface area contributed by atoms with Crippen molar-refractivity contribution in [2.45, 2.75) is 18.9 Å². The number of methoxy groups -OCH3 is 1. The molecule has 0 N–H and O–H groups in total. The summed E-state index contributed by atoms with van der Waals surface area (Å²) in [6, 6.07) is 11.7. The molecule has 0 radical (unpaired) electrons. The minimum atomic E-state index is -0.589. The van der Waals surface area contributed by atoms with Crippen LogP contribution in [0.2, 0.25) is 5.02 Å². The highest BCUT2D eigenvalue weighted by Crippen LogP contribution is 2.25. The summed E-state index contributed by atoms with van der Waals surface area (Å²) in [4.78, 5) is 14.1. The van der Waals surface area contributed by atoms with Gasteiger partial charge in [0.15, 0.2) is 0 Å². The molecule has 0 aliphatic carbocycles. The molecule has 2 aromatic rings. The van der Waals surface area contributed by atoms with Gasteiger partial charge in [-0.2, -0.15) is 0 Å². The highest BCUT2D eigenvalue weighted by atomic mass is 35.5. The van der Waals surface area contributed by atoms with Crippen molar-refractivity contribution in [3.05, 3.63) is 58.9 Å². The predicted octanol–water partition coefficient (Wildman–Crippen LogP) is 4.17. The van der Waals surface area contributed by atoms with Gasteiger partial charge >= 0.3 is 0 Å². The number of rotatable bonds is 4. The maximum Gasteiger partial charge on any atom is 0.258 e. The van der Waals surface area contributed by atoms with Crippen LogP contribution < -0.4 is 9.47 Å². The van der Waals surface area contributed by atoms with Crippen LogP contribution in [0.3, 0.4) is 0 Å².